The summed E-state index contributed by atoms with van der Waals surface area (Å²) in [6, 6.07) is 2.45. The van der Waals surface area contributed by atoms with Crippen molar-refractivity contribution in [3.8, 4) is 17.3 Å². The van der Waals surface area contributed by atoms with Gasteiger partial charge < -0.3 is 15.8 Å². The topological polar surface area (TPSA) is 191 Å². The van der Waals surface area contributed by atoms with Gasteiger partial charge in [0.05, 0.1) is 37.2 Å². The highest BCUT2D eigenvalue weighted by atomic mass is 32.2. The van der Waals surface area contributed by atoms with E-state index in [0.717, 1.165) is 0 Å². The largest absolute Gasteiger partial charge is 0.467 e. The molecule has 15 heteroatoms. The van der Waals surface area contributed by atoms with Gasteiger partial charge in [0.1, 0.15) is 17.9 Å². The number of hydrogen-bond acceptors (Lipinski definition) is 10. The number of nitrogens with two attached hydrogens (primary N) is 1. The van der Waals surface area contributed by atoms with Gasteiger partial charge in [0.25, 0.3) is 0 Å². The number of amides is 1. The summed E-state index contributed by atoms with van der Waals surface area (Å²) in [6.45, 7) is 2.37. The van der Waals surface area contributed by atoms with Crippen LogP contribution in [0.15, 0.2) is 31.0 Å². The summed E-state index contributed by atoms with van der Waals surface area (Å²) in [5.74, 6) is -0.565. The number of sulfonamides is 1. The summed E-state index contributed by atoms with van der Waals surface area (Å²) >= 11 is 0. The number of carbonyl (C=O) groups excluding carboxylic acids is 2. The highest BCUT2D eigenvalue weighted by Crippen LogP contribution is 2.36. The maximum absolute atomic E-state index is 13.1. The molecule has 1 fully saturated rings. The molecule has 4 heterocycles. The van der Waals surface area contributed by atoms with E-state index in [9.17, 15) is 23.3 Å². The Bertz CT molecular complexity index is 1500. The fourth-order valence-corrected chi connectivity index (χ4v) is 5.87. The molecule has 0 radical (unpaired) electrons. The molecule has 0 aromatic carbocycles. The molecule has 1 aliphatic heterocycles. The fourth-order valence-electron chi connectivity index (χ4n) is 4.63. The van der Waals surface area contributed by atoms with Crippen LogP contribution in [0, 0.1) is 11.3 Å². The standard InChI is InChI=1S/C24H31N9O5S/c1-3-39(36,37)31-14-24(15-31,8-10-26)33-13-17(12-29-33)20-18-7-11-32(21(18)28-16-27-20)23(35)30-19(22(34)38-2)6-4-5-9-25/h7,11-13,16,19H,3-6,8-9,14-15,25H2,1-2H3,(H,30,35)/t19-/m0/s1. The molecule has 208 valence electrons. The quantitative estimate of drug-likeness (QED) is 0.252. The molecule has 14 nitrogen and oxygen atoms in total. The van der Waals surface area contributed by atoms with Gasteiger partial charge in [-0.15, -0.1) is 0 Å². The monoisotopic (exact) mass is 557 g/mol. The lowest BCUT2D eigenvalue weighted by Gasteiger charge is -2.47. The van der Waals surface area contributed by atoms with Crippen molar-refractivity contribution in [2.75, 3.05) is 32.5 Å². The molecule has 1 saturated heterocycles. The number of esters is 1. The Kier molecular flexibility index (Phi) is 8.28. The lowest BCUT2D eigenvalue weighted by Crippen LogP contribution is -2.64. The number of nitrogens with one attached hydrogen (secondary N) is 1. The smallest absolute Gasteiger partial charge is 0.328 e. The number of unbranched alkanes of at least 4 members (excludes halogenated alkanes) is 1. The third-order valence-electron chi connectivity index (χ3n) is 6.88. The molecule has 1 amide bonds. The number of nitrogens with zero attached hydrogens (tertiary/aromatic N) is 7. The van der Waals surface area contributed by atoms with Gasteiger partial charge in [0, 0.05) is 36.4 Å². The Morgan fingerprint density at radius 1 is 1.31 bits per heavy atom. The van der Waals surface area contributed by atoms with Crippen LogP contribution in [0.5, 0.6) is 0 Å². The molecule has 4 rings (SSSR count). The summed E-state index contributed by atoms with van der Waals surface area (Å²) in [4.78, 5) is 33.9. The highest BCUT2D eigenvalue weighted by molar-refractivity contribution is 7.89. The van der Waals surface area contributed by atoms with Gasteiger partial charge in [-0.3, -0.25) is 9.25 Å². The predicted molar refractivity (Wildman–Crippen MR) is 141 cm³/mol. The molecule has 39 heavy (non-hydrogen) atoms. The molecule has 0 spiro atoms. The molecule has 0 aliphatic carbocycles. The third-order valence-corrected chi connectivity index (χ3v) is 8.65. The van der Waals surface area contributed by atoms with E-state index in [0.29, 0.717) is 48.1 Å². The first-order valence-electron chi connectivity index (χ1n) is 12.5. The molecule has 1 aliphatic rings. The van der Waals surface area contributed by atoms with Gasteiger partial charge >= 0.3 is 12.0 Å². The highest BCUT2D eigenvalue weighted by Gasteiger charge is 2.49. The van der Waals surface area contributed by atoms with Crippen LogP contribution >= 0.6 is 0 Å². The van der Waals surface area contributed by atoms with E-state index in [4.69, 9.17) is 10.5 Å². The Morgan fingerprint density at radius 2 is 2.08 bits per heavy atom. The predicted octanol–water partition coefficient (Wildman–Crippen LogP) is 0.797. The Morgan fingerprint density at radius 3 is 2.74 bits per heavy atom. The van der Waals surface area contributed by atoms with Crippen molar-refractivity contribution in [3.05, 3.63) is 31.0 Å². The van der Waals surface area contributed by atoms with Crippen molar-refractivity contribution in [2.24, 2.45) is 5.73 Å². The van der Waals surface area contributed by atoms with Crippen molar-refractivity contribution >= 4 is 33.1 Å². The first-order chi connectivity index (χ1) is 18.7. The van der Waals surface area contributed by atoms with Gasteiger partial charge in [-0.2, -0.15) is 14.7 Å². The first-order valence-corrected chi connectivity index (χ1v) is 14.1. The second kappa shape index (κ2) is 11.5. The average molecular weight is 558 g/mol. The second-order valence-corrected chi connectivity index (χ2v) is 11.6. The summed E-state index contributed by atoms with van der Waals surface area (Å²) in [5.41, 5.74) is 6.21. The maximum atomic E-state index is 13.1. The van der Waals surface area contributed by atoms with Crippen LogP contribution in [0.2, 0.25) is 0 Å². The van der Waals surface area contributed by atoms with E-state index in [-0.39, 0.29) is 25.3 Å². The van der Waals surface area contributed by atoms with Crippen LogP contribution < -0.4 is 11.1 Å². The minimum absolute atomic E-state index is 0.0163. The first kappa shape index (κ1) is 28.1. The van der Waals surface area contributed by atoms with Gasteiger partial charge in [0.15, 0.2) is 5.65 Å². The number of rotatable bonds is 11. The van der Waals surface area contributed by atoms with E-state index in [2.05, 4.69) is 26.5 Å². The van der Waals surface area contributed by atoms with Crippen molar-refractivity contribution in [1.29, 1.82) is 5.26 Å². The van der Waals surface area contributed by atoms with Gasteiger partial charge in [-0.05, 0) is 38.8 Å². The molecule has 0 saturated carbocycles. The van der Waals surface area contributed by atoms with Crippen molar-refractivity contribution in [1.82, 2.24) is 33.9 Å². The van der Waals surface area contributed by atoms with Crippen molar-refractivity contribution in [3.63, 3.8) is 0 Å². The summed E-state index contributed by atoms with van der Waals surface area (Å²) in [5, 5.41) is 17.1. The molecule has 0 bridgehead atoms. The fraction of sp³-hybridized carbons (Fsp3) is 0.500. The van der Waals surface area contributed by atoms with Gasteiger partial charge in [-0.1, -0.05) is 0 Å². The molecular weight excluding hydrogens is 526 g/mol. The zero-order valence-electron chi connectivity index (χ0n) is 21.8. The number of aromatic nitrogens is 5. The lowest BCUT2D eigenvalue weighted by atomic mass is 9.89. The molecule has 0 unspecified atom stereocenters. The van der Waals surface area contributed by atoms with E-state index in [1.165, 1.54) is 28.5 Å². The van der Waals surface area contributed by atoms with Crippen LogP contribution in [0.4, 0.5) is 4.79 Å². The average Bonchev–Trinajstić information content (AvgIpc) is 3.57. The number of carbonyl (C=O) groups is 2. The number of ether oxygens (including phenoxy) is 1. The minimum Gasteiger partial charge on any atom is -0.467 e. The van der Waals surface area contributed by atoms with E-state index < -0.39 is 33.6 Å². The van der Waals surface area contributed by atoms with Crippen LogP contribution in [0.1, 0.15) is 32.6 Å². The van der Waals surface area contributed by atoms with Crippen molar-refractivity contribution in [2.45, 2.75) is 44.2 Å². The Balaban J connectivity index is 1.59. The zero-order chi connectivity index (χ0) is 28.2. The van der Waals surface area contributed by atoms with Crippen LogP contribution in [-0.4, -0.2) is 87.6 Å². The molecule has 1 atom stereocenters. The minimum atomic E-state index is -3.37. The second-order valence-electron chi connectivity index (χ2n) is 9.36. The summed E-state index contributed by atoms with van der Waals surface area (Å²) < 4.78 is 33.6. The number of nitriles is 1. The van der Waals surface area contributed by atoms with Gasteiger partial charge in [-0.25, -0.2) is 28.0 Å². The molecule has 3 N–H and O–H groups in total. The molecular formula is C24H31N9O5S. The van der Waals surface area contributed by atoms with Crippen LogP contribution in [0.3, 0.4) is 0 Å². The number of fused-ring (bicyclic) bond motifs is 1. The summed E-state index contributed by atoms with van der Waals surface area (Å²) in [6.07, 6.45) is 7.99. The Labute approximate surface area is 225 Å². The number of methoxy groups -OCH3 is 1. The van der Waals surface area contributed by atoms with Crippen molar-refractivity contribution < 1.29 is 22.7 Å². The third kappa shape index (κ3) is 5.49. The van der Waals surface area contributed by atoms with E-state index >= 15 is 0 Å². The van der Waals surface area contributed by atoms with Crippen LogP contribution in [-0.2, 0) is 25.1 Å². The zero-order valence-corrected chi connectivity index (χ0v) is 22.6. The normalized spacial score (nSPS) is 15.8. The maximum Gasteiger partial charge on any atom is 0.328 e. The van der Waals surface area contributed by atoms with Gasteiger partial charge in [0.2, 0.25) is 10.0 Å². The molecule has 3 aromatic rings. The Hall–Kier alpha value is -3.87. The van der Waals surface area contributed by atoms with Crippen LogP contribution in [0.25, 0.3) is 22.3 Å². The lowest BCUT2D eigenvalue weighted by molar-refractivity contribution is -0.143. The summed E-state index contributed by atoms with van der Waals surface area (Å²) in [7, 11) is -2.11. The SMILES string of the molecule is CCS(=O)(=O)N1CC(CC#N)(n2cc(-c3ncnc4c3ccn4C(=O)N[C@@H](CCCCN)C(=O)OC)cn2)C1. The van der Waals surface area contributed by atoms with E-state index in [1.54, 1.807) is 30.1 Å². The number of hydrogen-bond donors (Lipinski definition) is 2. The molecule has 3 aromatic heterocycles. The van der Waals surface area contributed by atoms with E-state index in [1.807, 2.05) is 0 Å².